The molecule has 0 aromatic heterocycles. The fraction of sp³-hybridized carbons (Fsp3) is 1.00. The third kappa shape index (κ3) is 3.60. The zero-order valence-corrected chi connectivity index (χ0v) is 11.2. The second-order valence-corrected chi connectivity index (χ2v) is 4.85. The largest absolute Gasteiger partial charge is 0.352 e. The SMILES string of the molecule is CCC1O[C@@H](OCCN=[N+]=[N-])C(C)[C@@H](C)[C@@H]1C. The molecule has 5 atom stereocenters. The van der Waals surface area contributed by atoms with Gasteiger partial charge in [-0.3, -0.25) is 0 Å². The van der Waals surface area contributed by atoms with Gasteiger partial charge in [-0.15, -0.1) is 0 Å². The summed E-state index contributed by atoms with van der Waals surface area (Å²) in [5.41, 5.74) is 8.18. The Morgan fingerprint density at radius 1 is 1.24 bits per heavy atom. The number of rotatable bonds is 5. The number of azide groups is 1. The highest BCUT2D eigenvalue weighted by Gasteiger charge is 2.38. The maximum absolute atomic E-state index is 8.18. The van der Waals surface area contributed by atoms with Crippen LogP contribution in [0.5, 0.6) is 0 Å². The molecule has 5 heteroatoms. The van der Waals surface area contributed by atoms with E-state index in [9.17, 15) is 0 Å². The van der Waals surface area contributed by atoms with Gasteiger partial charge in [0.1, 0.15) is 0 Å². The minimum atomic E-state index is -0.167. The molecule has 1 saturated heterocycles. The number of hydrogen-bond acceptors (Lipinski definition) is 3. The van der Waals surface area contributed by atoms with Crippen molar-refractivity contribution < 1.29 is 9.47 Å². The van der Waals surface area contributed by atoms with Crippen LogP contribution in [-0.4, -0.2) is 25.5 Å². The van der Waals surface area contributed by atoms with Crippen LogP contribution in [0.25, 0.3) is 10.4 Å². The molecule has 0 spiro atoms. The van der Waals surface area contributed by atoms with E-state index >= 15 is 0 Å². The molecule has 0 aliphatic carbocycles. The Bertz CT molecular complexity index is 277. The average Bonchev–Trinajstić information content (AvgIpc) is 2.34. The molecule has 1 heterocycles. The maximum atomic E-state index is 8.18. The molecule has 17 heavy (non-hydrogen) atoms. The van der Waals surface area contributed by atoms with Crippen molar-refractivity contribution in [2.24, 2.45) is 22.9 Å². The fourth-order valence-electron chi connectivity index (χ4n) is 2.40. The Kier molecular flexibility index (Phi) is 5.75. The first-order valence-electron chi connectivity index (χ1n) is 6.39. The lowest BCUT2D eigenvalue weighted by molar-refractivity contribution is -0.247. The van der Waals surface area contributed by atoms with Gasteiger partial charge in [0.05, 0.1) is 12.7 Å². The predicted molar refractivity (Wildman–Crippen MR) is 66.4 cm³/mol. The van der Waals surface area contributed by atoms with Crippen LogP contribution in [0, 0.1) is 17.8 Å². The number of hydrogen-bond donors (Lipinski definition) is 0. The molecule has 1 aliphatic heterocycles. The molecule has 0 saturated carbocycles. The average molecular weight is 241 g/mol. The maximum Gasteiger partial charge on any atom is 0.160 e. The summed E-state index contributed by atoms with van der Waals surface area (Å²) in [7, 11) is 0. The minimum Gasteiger partial charge on any atom is -0.352 e. The van der Waals surface area contributed by atoms with Gasteiger partial charge in [-0.25, -0.2) is 0 Å². The topological polar surface area (TPSA) is 67.2 Å². The standard InChI is InChI=1S/C12H23N3O2/c1-5-11-9(3)8(2)10(4)12(17-11)16-7-6-14-15-13/h8-12H,5-7H2,1-4H3/t8-,9-,10?,11?,12+/m0/s1. The predicted octanol–water partition coefficient (Wildman–Crippen LogP) is 3.36. The van der Waals surface area contributed by atoms with E-state index in [4.69, 9.17) is 15.0 Å². The summed E-state index contributed by atoms with van der Waals surface area (Å²) in [5.74, 6) is 1.52. The van der Waals surface area contributed by atoms with Crippen molar-refractivity contribution >= 4 is 0 Å². The Morgan fingerprint density at radius 3 is 2.53 bits per heavy atom. The van der Waals surface area contributed by atoms with Gasteiger partial charge in [-0.05, 0) is 23.8 Å². The highest BCUT2D eigenvalue weighted by Crippen LogP contribution is 2.36. The van der Waals surface area contributed by atoms with Crippen molar-refractivity contribution in [3.05, 3.63) is 10.4 Å². The molecule has 0 amide bonds. The number of ether oxygens (including phenoxy) is 2. The Balaban J connectivity index is 2.50. The lowest BCUT2D eigenvalue weighted by Gasteiger charge is -2.43. The van der Waals surface area contributed by atoms with E-state index in [2.05, 4.69) is 37.7 Å². The smallest absolute Gasteiger partial charge is 0.160 e. The van der Waals surface area contributed by atoms with E-state index in [0.717, 1.165) is 6.42 Å². The number of nitrogens with zero attached hydrogens (tertiary/aromatic N) is 3. The van der Waals surface area contributed by atoms with Crippen LogP contribution >= 0.6 is 0 Å². The van der Waals surface area contributed by atoms with Gasteiger partial charge in [-0.1, -0.05) is 32.8 Å². The zero-order valence-electron chi connectivity index (χ0n) is 11.2. The van der Waals surface area contributed by atoms with Crippen LogP contribution in [0.15, 0.2) is 5.11 Å². The van der Waals surface area contributed by atoms with Gasteiger partial charge in [0, 0.05) is 17.4 Å². The highest BCUT2D eigenvalue weighted by atomic mass is 16.7. The van der Waals surface area contributed by atoms with Crippen molar-refractivity contribution in [2.45, 2.75) is 46.5 Å². The summed E-state index contributed by atoms with van der Waals surface area (Å²) in [5, 5.41) is 3.45. The molecule has 5 nitrogen and oxygen atoms in total. The Morgan fingerprint density at radius 2 is 1.94 bits per heavy atom. The third-order valence-corrected chi connectivity index (χ3v) is 3.92. The monoisotopic (exact) mass is 241 g/mol. The van der Waals surface area contributed by atoms with Crippen LogP contribution in [0.1, 0.15) is 34.1 Å². The highest BCUT2D eigenvalue weighted by molar-refractivity contribution is 4.82. The second-order valence-electron chi connectivity index (χ2n) is 4.85. The molecule has 1 aliphatic rings. The van der Waals surface area contributed by atoms with Crippen LogP contribution in [0.4, 0.5) is 0 Å². The van der Waals surface area contributed by atoms with Gasteiger partial charge in [0.25, 0.3) is 0 Å². The first-order chi connectivity index (χ1) is 8.11. The summed E-state index contributed by atoms with van der Waals surface area (Å²) < 4.78 is 11.6. The lowest BCUT2D eigenvalue weighted by atomic mass is 9.78. The Labute approximate surface area is 103 Å². The molecule has 0 N–H and O–H groups in total. The van der Waals surface area contributed by atoms with Crippen LogP contribution in [0.3, 0.4) is 0 Å². The van der Waals surface area contributed by atoms with Gasteiger partial charge >= 0.3 is 0 Å². The molecule has 1 fully saturated rings. The summed E-state index contributed by atoms with van der Waals surface area (Å²) in [6.45, 7) is 9.59. The van der Waals surface area contributed by atoms with Crippen molar-refractivity contribution in [3.63, 3.8) is 0 Å². The van der Waals surface area contributed by atoms with Gasteiger partial charge in [-0.2, -0.15) is 0 Å². The van der Waals surface area contributed by atoms with Gasteiger partial charge in [0.15, 0.2) is 6.29 Å². The molecular formula is C12H23N3O2. The lowest BCUT2D eigenvalue weighted by Crippen LogP contribution is -2.45. The first-order valence-corrected chi connectivity index (χ1v) is 6.39. The van der Waals surface area contributed by atoms with Crippen molar-refractivity contribution in [1.29, 1.82) is 0 Å². The summed E-state index contributed by atoms with van der Waals surface area (Å²) in [6, 6.07) is 0. The molecule has 0 aromatic rings. The molecule has 98 valence electrons. The fourth-order valence-corrected chi connectivity index (χ4v) is 2.40. The van der Waals surface area contributed by atoms with Crippen LogP contribution in [0.2, 0.25) is 0 Å². The van der Waals surface area contributed by atoms with E-state index in [1.165, 1.54) is 0 Å². The summed E-state index contributed by atoms with van der Waals surface area (Å²) in [6.07, 6.45) is 1.11. The van der Waals surface area contributed by atoms with Crippen molar-refractivity contribution in [1.82, 2.24) is 0 Å². The molecule has 0 bridgehead atoms. The van der Waals surface area contributed by atoms with Crippen LogP contribution in [-0.2, 0) is 9.47 Å². The zero-order chi connectivity index (χ0) is 12.8. The van der Waals surface area contributed by atoms with Gasteiger partial charge < -0.3 is 9.47 Å². The van der Waals surface area contributed by atoms with E-state index in [1.54, 1.807) is 0 Å². The van der Waals surface area contributed by atoms with E-state index in [1.807, 2.05) is 0 Å². The van der Waals surface area contributed by atoms with E-state index in [0.29, 0.717) is 30.9 Å². The first kappa shape index (κ1) is 14.3. The molecule has 1 rings (SSSR count). The van der Waals surface area contributed by atoms with Crippen molar-refractivity contribution in [3.8, 4) is 0 Å². The quantitative estimate of drug-likeness (QED) is 0.320. The summed E-state index contributed by atoms with van der Waals surface area (Å²) in [4.78, 5) is 2.70. The normalized spacial score (nSPS) is 37.5. The molecule has 0 radical (unpaired) electrons. The van der Waals surface area contributed by atoms with Gasteiger partial charge in [0.2, 0.25) is 0 Å². The minimum absolute atomic E-state index is 0.167. The van der Waals surface area contributed by atoms with E-state index < -0.39 is 0 Å². The van der Waals surface area contributed by atoms with E-state index in [-0.39, 0.29) is 12.4 Å². The second kappa shape index (κ2) is 6.84. The Hall–Kier alpha value is -0.770. The molecule has 0 aromatic carbocycles. The summed E-state index contributed by atoms with van der Waals surface area (Å²) >= 11 is 0. The van der Waals surface area contributed by atoms with Crippen molar-refractivity contribution in [2.75, 3.05) is 13.2 Å². The molecule has 2 unspecified atom stereocenters. The van der Waals surface area contributed by atoms with Crippen LogP contribution < -0.4 is 0 Å². The third-order valence-electron chi connectivity index (χ3n) is 3.92. The molecular weight excluding hydrogens is 218 g/mol.